The summed E-state index contributed by atoms with van der Waals surface area (Å²) in [4.78, 5) is 13.3. The highest BCUT2D eigenvalue weighted by molar-refractivity contribution is 5.96. The lowest BCUT2D eigenvalue weighted by atomic mass is 9.99. The van der Waals surface area contributed by atoms with E-state index in [-0.39, 0.29) is 5.56 Å². The third-order valence-corrected chi connectivity index (χ3v) is 3.15. The van der Waals surface area contributed by atoms with E-state index >= 15 is 0 Å². The fourth-order valence-corrected chi connectivity index (χ4v) is 2.01. The highest BCUT2D eigenvalue weighted by Gasteiger charge is 2.13. The Labute approximate surface area is 118 Å². The Morgan fingerprint density at radius 1 is 1.10 bits per heavy atom. The number of ether oxygens (including phenoxy) is 1. The number of nitrogens with zero attached hydrogens (tertiary/aromatic N) is 1. The van der Waals surface area contributed by atoms with Crippen molar-refractivity contribution in [2.45, 2.75) is 0 Å². The van der Waals surface area contributed by atoms with Gasteiger partial charge in [-0.2, -0.15) is 0 Å². The van der Waals surface area contributed by atoms with E-state index in [0.29, 0.717) is 11.3 Å². The van der Waals surface area contributed by atoms with Crippen LogP contribution in [0.1, 0.15) is 10.4 Å². The molecule has 0 heterocycles. The van der Waals surface area contributed by atoms with Crippen molar-refractivity contribution in [1.29, 1.82) is 0 Å². The minimum absolute atomic E-state index is 0.267. The molecule has 0 radical (unpaired) electrons. The average molecular weight is 271 g/mol. The Hall–Kier alpha value is -2.49. The molecule has 4 heteroatoms. The van der Waals surface area contributed by atoms with Crippen LogP contribution in [0, 0.1) is 0 Å². The van der Waals surface area contributed by atoms with E-state index in [1.807, 2.05) is 43.3 Å². The summed E-state index contributed by atoms with van der Waals surface area (Å²) in [6.07, 6.45) is 0. The summed E-state index contributed by atoms with van der Waals surface area (Å²) in [7, 11) is 5.49. The van der Waals surface area contributed by atoms with Gasteiger partial charge in [-0.15, -0.1) is 0 Å². The summed E-state index contributed by atoms with van der Waals surface area (Å²) in [5.41, 5.74) is 2.84. The molecule has 0 atom stereocenters. The molecule has 104 valence electrons. The predicted octanol–water partition coefficient (Wildman–Crippen LogP) is 3.13. The standard InChI is InChI=1S/C16H17NO3/c1-17(2)12-6-4-11(5-7-12)15-10-13(20-3)8-9-14(15)16(18)19/h4-10H,1-3H3,(H,18,19). The summed E-state index contributed by atoms with van der Waals surface area (Å²) >= 11 is 0. The number of carbonyl (C=O) groups is 1. The maximum absolute atomic E-state index is 11.3. The van der Waals surface area contributed by atoms with Crippen molar-refractivity contribution in [3.8, 4) is 16.9 Å². The van der Waals surface area contributed by atoms with Crippen molar-refractivity contribution in [2.75, 3.05) is 26.1 Å². The Balaban J connectivity index is 2.52. The van der Waals surface area contributed by atoms with Gasteiger partial charge in [-0.1, -0.05) is 12.1 Å². The summed E-state index contributed by atoms with van der Waals surface area (Å²) in [5.74, 6) is -0.305. The van der Waals surface area contributed by atoms with Gasteiger partial charge in [-0.05, 0) is 41.5 Å². The van der Waals surface area contributed by atoms with Crippen LogP contribution in [0.5, 0.6) is 5.75 Å². The Morgan fingerprint density at radius 2 is 1.75 bits per heavy atom. The van der Waals surface area contributed by atoms with E-state index in [2.05, 4.69) is 0 Å². The van der Waals surface area contributed by atoms with Gasteiger partial charge < -0.3 is 14.7 Å². The van der Waals surface area contributed by atoms with Crippen molar-refractivity contribution >= 4 is 11.7 Å². The third kappa shape index (κ3) is 2.74. The second kappa shape index (κ2) is 5.65. The normalized spacial score (nSPS) is 10.2. The quantitative estimate of drug-likeness (QED) is 0.928. The van der Waals surface area contributed by atoms with Crippen LogP contribution in [0.2, 0.25) is 0 Å². The Bertz CT molecular complexity index is 618. The van der Waals surface area contributed by atoms with Gasteiger partial charge in [-0.3, -0.25) is 0 Å². The number of benzene rings is 2. The molecule has 2 rings (SSSR count). The van der Waals surface area contributed by atoms with Crippen molar-refractivity contribution < 1.29 is 14.6 Å². The van der Waals surface area contributed by atoms with Gasteiger partial charge in [0, 0.05) is 19.8 Å². The summed E-state index contributed by atoms with van der Waals surface area (Å²) < 4.78 is 5.17. The Morgan fingerprint density at radius 3 is 2.25 bits per heavy atom. The lowest BCUT2D eigenvalue weighted by Gasteiger charge is -2.14. The van der Waals surface area contributed by atoms with Crippen LogP contribution < -0.4 is 9.64 Å². The molecule has 20 heavy (non-hydrogen) atoms. The predicted molar refractivity (Wildman–Crippen MR) is 79.7 cm³/mol. The highest BCUT2D eigenvalue weighted by Crippen LogP contribution is 2.29. The highest BCUT2D eigenvalue weighted by atomic mass is 16.5. The van der Waals surface area contributed by atoms with E-state index in [9.17, 15) is 9.90 Å². The maximum Gasteiger partial charge on any atom is 0.336 e. The molecule has 0 spiro atoms. The number of aromatic carboxylic acids is 1. The second-order valence-corrected chi connectivity index (χ2v) is 4.66. The fraction of sp³-hybridized carbons (Fsp3) is 0.188. The first-order valence-electron chi connectivity index (χ1n) is 6.22. The maximum atomic E-state index is 11.3. The zero-order valence-corrected chi connectivity index (χ0v) is 11.8. The number of carboxylic acids is 1. The van der Waals surface area contributed by atoms with Crippen LogP contribution >= 0.6 is 0 Å². The average Bonchev–Trinajstić information content (AvgIpc) is 2.46. The minimum Gasteiger partial charge on any atom is -0.497 e. The first-order chi connectivity index (χ1) is 9.52. The molecule has 0 aliphatic heterocycles. The lowest BCUT2D eigenvalue weighted by Crippen LogP contribution is -2.08. The van der Waals surface area contributed by atoms with Gasteiger partial charge in [0.1, 0.15) is 5.75 Å². The summed E-state index contributed by atoms with van der Waals surface area (Å²) in [6.45, 7) is 0. The van der Waals surface area contributed by atoms with Gasteiger partial charge in [0.2, 0.25) is 0 Å². The van der Waals surface area contributed by atoms with Crippen molar-refractivity contribution in [3.05, 3.63) is 48.0 Å². The molecule has 0 saturated heterocycles. The fourth-order valence-electron chi connectivity index (χ4n) is 2.01. The van der Waals surface area contributed by atoms with Gasteiger partial charge in [0.05, 0.1) is 12.7 Å². The number of methoxy groups -OCH3 is 1. The molecule has 0 saturated carbocycles. The molecule has 2 aromatic rings. The molecule has 0 bridgehead atoms. The topological polar surface area (TPSA) is 49.8 Å². The van der Waals surface area contributed by atoms with Crippen LogP contribution in [0.4, 0.5) is 5.69 Å². The third-order valence-electron chi connectivity index (χ3n) is 3.15. The minimum atomic E-state index is -0.945. The molecule has 4 nitrogen and oxygen atoms in total. The van der Waals surface area contributed by atoms with Gasteiger partial charge >= 0.3 is 5.97 Å². The van der Waals surface area contributed by atoms with Crippen molar-refractivity contribution in [2.24, 2.45) is 0 Å². The van der Waals surface area contributed by atoms with Crippen LogP contribution in [-0.4, -0.2) is 32.3 Å². The van der Waals surface area contributed by atoms with Crippen LogP contribution in [0.15, 0.2) is 42.5 Å². The van der Waals surface area contributed by atoms with Gasteiger partial charge in [-0.25, -0.2) is 4.79 Å². The van der Waals surface area contributed by atoms with Crippen molar-refractivity contribution in [3.63, 3.8) is 0 Å². The van der Waals surface area contributed by atoms with Gasteiger partial charge in [0.15, 0.2) is 0 Å². The van der Waals surface area contributed by atoms with E-state index in [1.165, 1.54) is 0 Å². The lowest BCUT2D eigenvalue weighted by molar-refractivity contribution is 0.0697. The first kappa shape index (κ1) is 13.9. The number of anilines is 1. The van der Waals surface area contributed by atoms with E-state index in [0.717, 1.165) is 11.3 Å². The molecule has 0 aliphatic carbocycles. The largest absolute Gasteiger partial charge is 0.497 e. The number of rotatable bonds is 4. The van der Waals surface area contributed by atoms with E-state index in [1.54, 1.807) is 25.3 Å². The molecule has 0 amide bonds. The molecule has 0 unspecified atom stereocenters. The molecule has 0 fully saturated rings. The first-order valence-corrected chi connectivity index (χ1v) is 6.22. The molecule has 1 N–H and O–H groups in total. The number of carboxylic acid groups (broad SMARTS) is 1. The molecule has 0 aliphatic rings. The monoisotopic (exact) mass is 271 g/mol. The van der Waals surface area contributed by atoms with Crippen LogP contribution in [-0.2, 0) is 0 Å². The Kier molecular flexibility index (Phi) is 3.94. The zero-order valence-electron chi connectivity index (χ0n) is 11.8. The molecule has 0 aromatic heterocycles. The number of hydrogen-bond acceptors (Lipinski definition) is 3. The number of hydrogen-bond donors (Lipinski definition) is 1. The smallest absolute Gasteiger partial charge is 0.336 e. The zero-order chi connectivity index (χ0) is 14.7. The summed E-state index contributed by atoms with van der Waals surface area (Å²) in [6, 6.07) is 12.7. The molecular formula is C16H17NO3. The molecular weight excluding hydrogens is 254 g/mol. The molecule has 2 aromatic carbocycles. The van der Waals surface area contributed by atoms with Crippen LogP contribution in [0.3, 0.4) is 0 Å². The second-order valence-electron chi connectivity index (χ2n) is 4.66. The summed E-state index contributed by atoms with van der Waals surface area (Å²) in [5, 5.41) is 9.28. The van der Waals surface area contributed by atoms with E-state index < -0.39 is 5.97 Å². The SMILES string of the molecule is COc1ccc(C(=O)O)c(-c2ccc(N(C)C)cc2)c1. The van der Waals surface area contributed by atoms with Crippen molar-refractivity contribution in [1.82, 2.24) is 0 Å². The van der Waals surface area contributed by atoms with Crippen LogP contribution in [0.25, 0.3) is 11.1 Å². The van der Waals surface area contributed by atoms with E-state index in [4.69, 9.17) is 4.74 Å². The van der Waals surface area contributed by atoms with Gasteiger partial charge in [0.25, 0.3) is 0 Å².